The van der Waals surface area contributed by atoms with E-state index in [0.717, 1.165) is 18.8 Å². The first-order chi connectivity index (χ1) is 12.3. The molecule has 0 N–H and O–H groups in total. The summed E-state index contributed by atoms with van der Waals surface area (Å²) in [7, 11) is 0. The number of ether oxygens (including phenoxy) is 1. The molecule has 0 atom stereocenters. The molecule has 0 radical (unpaired) electrons. The normalized spacial score (nSPS) is 30.4. The summed E-state index contributed by atoms with van der Waals surface area (Å²) in [5.74, 6) is -3.03. The largest absolute Gasteiger partial charge is 0.383 e. The highest BCUT2D eigenvalue weighted by Gasteiger charge is 2.39. The fraction of sp³-hybridized carbons (Fsp3) is 0.700. The second-order valence-corrected chi connectivity index (χ2v) is 7.95. The number of halogens is 5. The Bertz CT molecular complexity index is 594. The maximum absolute atomic E-state index is 14.2. The molecule has 0 aliphatic heterocycles. The van der Waals surface area contributed by atoms with E-state index in [9.17, 15) is 22.0 Å². The van der Waals surface area contributed by atoms with E-state index >= 15 is 0 Å². The smallest absolute Gasteiger partial charge is 0.313 e. The minimum Gasteiger partial charge on any atom is -0.313 e. The van der Waals surface area contributed by atoms with Crippen molar-refractivity contribution in [3.8, 4) is 0 Å². The van der Waals surface area contributed by atoms with Gasteiger partial charge < -0.3 is 4.74 Å². The quantitative estimate of drug-likeness (QED) is 0.427. The maximum Gasteiger partial charge on any atom is 0.383 e. The van der Waals surface area contributed by atoms with Crippen LogP contribution in [0.1, 0.15) is 63.9 Å². The van der Waals surface area contributed by atoms with Crippen LogP contribution in [-0.2, 0) is 10.8 Å². The molecule has 26 heavy (non-hydrogen) atoms. The zero-order chi connectivity index (χ0) is 18.9. The lowest BCUT2D eigenvalue weighted by Crippen LogP contribution is -2.32. The Labute approximate surface area is 150 Å². The Morgan fingerprint density at radius 1 is 0.808 bits per heavy atom. The van der Waals surface area contributed by atoms with Crippen LogP contribution in [0.4, 0.5) is 22.0 Å². The van der Waals surface area contributed by atoms with E-state index < -0.39 is 35.2 Å². The van der Waals surface area contributed by atoms with Gasteiger partial charge in [0.15, 0.2) is 17.5 Å². The summed E-state index contributed by atoms with van der Waals surface area (Å²) in [5.41, 5.74) is -0.989. The van der Waals surface area contributed by atoms with Gasteiger partial charge in [0.2, 0.25) is 0 Å². The van der Waals surface area contributed by atoms with Crippen LogP contribution >= 0.6 is 0 Å². The van der Waals surface area contributed by atoms with Crippen LogP contribution in [0.5, 0.6) is 0 Å². The lowest BCUT2D eigenvalue weighted by atomic mass is 9.71. The molecule has 6 heteroatoms. The van der Waals surface area contributed by atoms with E-state index in [1.807, 2.05) is 0 Å². The van der Waals surface area contributed by atoms with Crippen molar-refractivity contribution < 1.29 is 26.7 Å². The van der Waals surface area contributed by atoms with Crippen LogP contribution in [0.2, 0.25) is 0 Å². The predicted octanol–water partition coefficient (Wildman–Crippen LogP) is 6.55. The first-order valence-corrected chi connectivity index (χ1v) is 9.47. The molecule has 1 nitrogen and oxygen atoms in total. The van der Waals surface area contributed by atoms with Crippen molar-refractivity contribution in [2.75, 3.05) is 0 Å². The molecular weight excluding hydrogens is 351 g/mol. The van der Waals surface area contributed by atoms with Crippen molar-refractivity contribution >= 4 is 0 Å². The Kier molecular flexibility index (Phi) is 5.90. The van der Waals surface area contributed by atoms with Crippen molar-refractivity contribution in [2.24, 2.45) is 17.8 Å². The van der Waals surface area contributed by atoms with E-state index in [1.54, 1.807) is 0 Å². The summed E-state index contributed by atoms with van der Waals surface area (Å²) in [6.45, 7) is 2.27. The summed E-state index contributed by atoms with van der Waals surface area (Å²) in [4.78, 5) is 0. The molecule has 2 aliphatic carbocycles. The van der Waals surface area contributed by atoms with Gasteiger partial charge >= 0.3 is 6.11 Å². The molecule has 1 aromatic rings. The highest BCUT2D eigenvalue weighted by Crippen LogP contribution is 2.42. The van der Waals surface area contributed by atoms with Gasteiger partial charge in [-0.1, -0.05) is 19.8 Å². The van der Waals surface area contributed by atoms with Crippen LogP contribution in [0.15, 0.2) is 12.1 Å². The second-order valence-electron chi connectivity index (χ2n) is 7.95. The molecule has 2 fully saturated rings. The van der Waals surface area contributed by atoms with E-state index in [0.29, 0.717) is 36.8 Å². The molecule has 0 heterocycles. The van der Waals surface area contributed by atoms with Crippen molar-refractivity contribution in [1.29, 1.82) is 0 Å². The van der Waals surface area contributed by atoms with Gasteiger partial charge in [-0.3, -0.25) is 0 Å². The van der Waals surface area contributed by atoms with Gasteiger partial charge in [-0.05, 0) is 68.4 Å². The van der Waals surface area contributed by atoms with E-state index in [-0.39, 0.29) is 0 Å². The van der Waals surface area contributed by atoms with Crippen molar-refractivity contribution in [2.45, 2.75) is 70.5 Å². The molecule has 146 valence electrons. The highest BCUT2D eigenvalue weighted by atomic mass is 19.3. The summed E-state index contributed by atoms with van der Waals surface area (Å²) < 4.78 is 72.8. The fourth-order valence-corrected chi connectivity index (χ4v) is 4.44. The Morgan fingerprint density at radius 3 is 1.77 bits per heavy atom. The Hall–Kier alpha value is -1.17. The van der Waals surface area contributed by atoms with Gasteiger partial charge in [0.05, 0.1) is 11.7 Å². The zero-order valence-corrected chi connectivity index (χ0v) is 14.9. The van der Waals surface area contributed by atoms with E-state index in [1.165, 1.54) is 25.7 Å². The Balaban J connectivity index is 1.56. The van der Waals surface area contributed by atoms with E-state index in [4.69, 9.17) is 4.74 Å². The number of benzene rings is 1. The Morgan fingerprint density at radius 2 is 1.27 bits per heavy atom. The molecule has 0 unspecified atom stereocenters. The third-order valence-corrected chi connectivity index (χ3v) is 6.08. The van der Waals surface area contributed by atoms with Gasteiger partial charge in [-0.15, -0.1) is 0 Å². The molecule has 0 aromatic heterocycles. The number of rotatable bonds is 4. The molecule has 3 rings (SSSR count). The van der Waals surface area contributed by atoms with Gasteiger partial charge in [0, 0.05) is 0 Å². The van der Waals surface area contributed by atoms with Crippen molar-refractivity contribution in [3.63, 3.8) is 0 Å². The molecular formula is C20H25F5O. The maximum atomic E-state index is 14.2. The van der Waals surface area contributed by atoms with Crippen LogP contribution in [0.3, 0.4) is 0 Å². The summed E-state index contributed by atoms with van der Waals surface area (Å²) >= 11 is 0. The van der Waals surface area contributed by atoms with Gasteiger partial charge in [-0.2, -0.15) is 8.78 Å². The molecule has 0 saturated heterocycles. The first-order valence-electron chi connectivity index (χ1n) is 9.47. The number of hydrogen-bond donors (Lipinski definition) is 0. The summed E-state index contributed by atoms with van der Waals surface area (Å²) in [5, 5.41) is 0. The van der Waals surface area contributed by atoms with Gasteiger partial charge in [-0.25, -0.2) is 13.2 Å². The molecule has 2 saturated carbocycles. The third kappa shape index (κ3) is 4.38. The lowest BCUT2D eigenvalue weighted by molar-refractivity contribution is -0.278. The molecule has 0 spiro atoms. The summed E-state index contributed by atoms with van der Waals surface area (Å²) in [6, 6.07) is 0.598. The van der Waals surface area contributed by atoms with Crippen molar-refractivity contribution in [3.05, 3.63) is 35.1 Å². The van der Waals surface area contributed by atoms with E-state index in [2.05, 4.69) is 6.92 Å². The van der Waals surface area contributed by atoms with Gasteiger partial charge in [0.25, 0.3) is 0 Å². The minimum absolute atomic E-state index is 0.299. The van der Waals surface area contributed by atoms with Crippen LogP contribution in [0.25, 0.3) is 0 Å². The monoisotopic (exact) mass is 376 g/mol. The second kappa shape index (κ2) is 7.83. The molecule has 0 amide bonds. The average Bonchev–Trinajstić information content (AvgIpc) is 2.60. The minimum atomic E-state index is -3.84. The number of alkyl halides is 2. The zero-order valence-electron chi connectivity index (χ0n) is 14.9. The van der Waals surface area contributed by atoms with Crippen LogP contribution in [0, 0.1) is 35.2 Å². The van der Waals surface area contributed by atoms with Crippen molar-refractivity contribution in [1.82, 2.24) is 0 Å². The lowest BCUT2D eigenvalue weighted by Gasteiger charge is -2.37. The topological polar surface area (TPSA) is 9.23 Å². The summed E-state index contributed by atoms with van der Waals surface area (Å²) in [6.07, 6.45) is 3.10. The number of hydrogen-bond acceptors (Lipinski definition) is 1. The first kappa shape index (κ1) is 19.6. The molecule has 1 aromatic carbocycles. The average molecular weight is 376 g/mol. The van der Waals surface area contributed by atoms with Crippen LogP contribution < -0.4 is 0 Å². The molecule has 2 aliphatic rings. The van der Waals surface area contributed by atoms with Crippen LogP contribution in [-0.4, -0.2) is 6.10 Å². The third-order valence-electron chi connectivity index (χ3n) is 6.08. The highest BCUT2D eigenvalue weighted by molar-refractivity contribution is 5.22. The standard InChI is InChI=1S/C20H25F5O/c1-12-2-4-13(5-3-12)14-6-8-16(9-7-14)26-20(24,25)15-10-17(21)19(23)18(22)11-15/h10-14,16H,2-9H2,1H3. The fourth-order valence-electron chi connectivity index (χ4n) is 4.44. The predicted molar refractivity (Wildman–Crippen MR) is 88.2 cm³/mol. The molecule has 0 bridgehead atoms. The van der Waals surface area contributed by atoms with Gasteiger partial charge in [0.1, 0.15) is 0 Å². The SMILES string of the molecule is CC1CCC(C2CCC(OC(F)(F)c3cc(F)c(F)c(F)c3)CC2)CC1.